The maximum absolute atomic E-state index is 13.6. The summed E-state index contributed by atoms with van der Waals surface area (Å²) >= 11 is 0. The van der Waals surface area contributed by atoms with Crippen LogP contribution in [0.4, 0.5) is 54.8 Å². The van der Waals surface area contributed by atoms with Crippen LogP contribution in [0.15, 0.2) is 36.4 Å². The molecular weight excluding hydrogens is 575 g/mol. The number of amides is 2. The predicted octanol–water partition coefficient (Wildman–Crippen LogP) is 8.37. The highest BCUT2D eigenvalue weighted by Crippen LogP contribution is 2.48. The number of carbonyl (C=O) groups is 2. The Morgan fingerprint density at radius 1 is 0.878 bits per heavy atom. The first-order valence-corrected chi connectivity index (χ1v) is 12.0. The molecule has 1 aliphatic rings. The first kappa shape index (κ1) is 31.9. The Bertz CT molecular complexity index is 1280. The van der Waals surface area contributed by atoms with E-state index in [1.165, 1.54) is 27.7 Å². The van der Waals surface area contributed by atoms with E-state index in [0.717, 1.165) is 11.0 Å². The average Bonchev–Trinajstić information content (AvgIpc) is 3.05. The van der Waals surface area contributed by atoms with Crippen LogP contribution in [0.1, 0.15) is 73.9 Å². The van der Waals surface area contributed by atoms with E-state index in [1.54, 1.807) is 0 Å². The molecule has 2 aromatic carbocycles. The van der Waals surface area contributed by atoms with Gasteiger partial charge in [0, 0.05) is 12.0 Å². The van der Waals surface area contributed by atoms with Gasteiger partial charge in [0.2, 0.25) is 0 Å². The van der Waals surface area contributed by atoms with Crippen LogP contribution in [0, 0.1) is 0 Å². The second-order valence-corrected chi connectivity index (χ2v) is 10.5. The van der Waals surface area contributed by atoms with Crippen molar-refractivity contribution in [3.05, 3.63) is 64.2 Å². The third-order valence-corrected chi connectivity index (χ3v) is 6.39. The second kappa shape index (κ2) is 10.6. The average molecular weight is 600 g/mol. The smallest absolute Gasteiger partial charge is 0.416 e. The number of alkyl halides is 9. The van der Waals surface area contributed by atoms with Crippen LogP contribution >= 0.6 is 0 Å². The van der Waals surface area contributed by atoms with Gasteiger partial charge in [-0.1, -0.05) is 0 Å². The Morgan fingerprint density at radius 3 is 1.83 bits per heavy atom. The molecule has 2 amide bonds. The van der Waals surface area contributed by atoms with Gasteiger partial charge in [-0.2, -0.15) is 39.5 Å². The second-order valence-electron chi connectivity index (χ2n) is 10.5. The topological polar surface area (TPSA) is 78.9 Å². The Kier molecular flexibility index (Phi) is 8.27. The SMILES string of the molecule is CC1C(CC(NC(=O)O)c2cc(C(F)(F)F)cc(C(F)(F)F)c2)c2cc(C(F)(F)F)ccc2N1C(=O)OC(C)(C)C. The van der Waals surface area contributed by atoms with Crippen molar-refractivity contribution >= 4 is 17.9 Å². The zero-order valence-corrected chi connectivity index (χ0v) is 21.9. The summed E-state index contributed by atoms with van der Waals surface area (Å²) < 4.78 is 127. The number of halogens is 9. The maximum atomic E-state index is 13.6. The first-order chi connectivity index (χ1) is 18.5. The molecule has 226 valence electrons. The molecule has 3 atom stereocenters. The highest BCUT2D eigenvalue weighted by molar-refractivity contribution is 5.92. The van der Waals surface area contributed by atoms with Gasteiger partial charge in [0.15, 0.2) is 0 Å². The van der Waals surface area contributed by atoms with Crippen LogP contribution < -0.4 is 10.2 Å². The number of carboxylic acid groups (broad SMARTS) is 1. The van der Waals surface area contributed by atoms with E-state index in [2.05, 4.69) is 0 Å². The molecule has 0 radical (unpaired) electrons. The number of hydrogen-bond donors (Lipinski definition) is 2. The predicted molar refractivity (Wildman–Crippen MR) is 127 cm³/mol. The van der Waals surface area contributed by atoms with E-state index in [9.17, 15) is 54.2 Å². The van der Waals surface area contributed by atoms with Gasteiger partial charge in [0.25, 0.3) is 0 Å². The zero-order chi connectivity index (χ0) is 31.3. The number of fused-ring (bicyclic) bond motifs is 1. The van der Waals surface area contributed by atoms with Crippen molar-refractivity contribution in [2.24, 2.45) is 0 Å². The van der Waals surface area contributed by atoms with E-state index in [0.29, 0.717) is 24.3 Å². The third kappa shape index (κ3) is 7.36. The highest BCUT2D eigenvalue weighted by atomic mass is 19.4. The number of ether oxygens (including phenoxy) is 1. The summed E-state index contributed by atoms with van der Waals surface area (Å²) in [5, 5.41) is 11.3. The minimum absolute atomic E-state index is 0.0288. The van der Waals surface area contributed by atoms with Crippen molar-refractivity contribution in [1.29, 1.82) is 0 Å². The standard InChI is InChI=1S/C26H25F9N2O4/c1-12-17(18-10-14(24(27,28)29)5-6-20(18)37(12)22(40)41-23(2,3)4)11-19(36-21(38)39)13-7-15(25(30,31)32)9-16(8-13)26(33,34)35/h5-10,12,17,19,36H,11H2,1-4H3,(H,38,39). The number of rotatable bonds is 4. The third-order valence-electron chi connectivity index (χ3n) is 6.39. The van der Waals surface area contributed by atoms with E-state index in [1.807, 2.05) is 5.32 Å². The van der Waals surface area contributed by atoms with Crippen molar-refractivity contribution in [3.8, 4) is 0 Å². The van der Waals surface area contributed by atoms with E-state index < -0.39 is 83.0 Å². The van der Waals surface area contributed by atoms with Crippen molar-refractivity contribution in [3.63, 3.8) is 0 Å². The molecule has 0 saturated carbocycles. The molecule has 0 saturated heterocycles. The Balaban J connectivity index is 2.17. The van der Waals surface area contributed by atoms with Crippen LogP contribution in [0.2, 0.25) is 0 Å². The molecule has 3 unspecified atom stereocenters. The fourth-order valence-electron chi connectivity index (χ4n) is 4.67. The molecule has 2 N–H and O–H groups in total. The molecular formula is C26H25F9N2O4. The Hall–Kier alpha value is -3.65. The lowest BCUT2D eigenvalue weighted by molar-refractivity contribution is -0.143. The fraction of sp³-hybridized carbons (Fsp3) is 0.462. The monoisotopic (exact) mass is 600 g/mol. The number of nitrogens with one attached hydrogen (secondary N) is 1. The van der Waals surface area contributed by atoms with Crippen LogP contribution in [-0.4, -0.2) is 28.9 Å². The minimum Gasteiger partial charge on any atom is -0.465 e. The van der Waals surface area contributed by atoms with E-state index in [4.69, 9.17) is 4.74 Å². The number of anilines is 1. The molecule has 41 heavy (non-hydrogen) atoms. The summed E-state index contributed by atoms with van der Waals surface area (Å²) in [4.78, 5) is 25.6. The number of benzene rings is 2. The summed E-state index contributed by atoms with van der Waals surface area (Å²) in [7, 11) is 0. The quantitative estimate of drug-likeness (QED) is 0.346. The lowest BCUT2D eigenvalue weighted by Gasteiger charge is -2.30. The molecule has 6 nitrogen and oxygen atoms in total. The molecule has 0 spiro atoms. The van der Waals surface area contributed by atoms with E-state index in [-0.39, 0.29) is 17.3 Å². The molecule has 0 aliphatic carbocycles. The zero-order valence-electron chi connectivity index (χ0n) is 21.9. The molecule has 1 heterocycles. The largest absolute Gasteiger partial charge is 0.465 e. The van der Waals surface area contributed by atoms with Crippen LogP contribution in [0.25, 0.3) is 0 Å². The summed E-state index contributed by atoms with van der Waals surface area (Å²) in [6.07, 6.45) is -18.7. The number of nitrogens with zero attached hydrogens (tertiary/aromatic N) is 1. The van der Waals surface area contributed by atoms with Crippen molar-refractivity contribution in [2.75, 3.05) is 4.90 Å². The molecule has 15 heteroatoms. The molecule has 0 bridgehead atoms. The van der Waals surface area contributed by atoms with Gasteiger partial charge in [-0.25, -0.2) is 9.59 Å². The number of carbonyl (C=O) groups excluding carboxylic acids is 1. The minimum atomic E-state index is -5.23. The van der Waals surface area contributed by atoms with Crippen molar-refractivity contribution in [1.82, 2.24) is 5.32 Å². The van der Waals surface area contributed by atoms with Gasteiger partial charge in [0.05, 0.1) is 28.4 Å². The maximum Gasteiger partial charge on any atom is 0.416 e. The van der Waals surface area contributed by atoms with Gasteiger partial charge in [-0.05, 0) is 81.6 Å². The van der Waals surface area contributed by atoms with Crippen LogP contribution in [0.3, 0.4) is 0 Å². The van der Waals surface area contributed by atoms with Gasteiger partial charge < -0.3 is 15.2 Å². The normalized spacial score (nSPS) is 18.6. The Labute approximate surface area is 228 Å². The molecule has 3 rings (SSSR count). The lowest BCUT2D eigenvalue weighted by atomic mass is 9.85. The highest BCUT2D eigenvalue weighted by Gasteiger charge is 2.45. The van der Waals surface area contributed by atoms with Crippen LogP contribution in [-0.2, 0) is 23.3 Å². The lowest BCUT2D eigenvalue weighted by Crippen LogP contribution is -2.41. The van der Waals surface area contributed by atoms with Gasteiger partial charge in [-0.3, -0.25) is 4.90 Å². The fourth-order valence-corrected chi connectivity index (χ4v) is 4.67. The van der Waals surface area contributed by atoms with Gasteiger partial charge in [0.1, 0.15) is 5.60 Å². The van der Waals surface area contributed by atoms with Crippen molar-refractivity contribution < 1.29 is 58.9 Å². The van der Waals surface area contributed by atoms with Crippen LogP contribution in [0.5, 0.6) is 0 Å². The molecule has 2 aromatic rings. The summed E-state index contributed by atoms with van der Waals surface area (Å²) in [6.45, 7) is 6.01. The molecule has 0 aromatic heterocycles. The van der Waals surface area contributed by atoms with Gasteiger partial charge in [-0.15, -0.1) is 0 Å². The summed E-state index contributed by atoms with van der Waals surface area (Å²) in [5.74, 6) is -1.17. The number of hydrogen-bond acceptors (Lipinski definition) is 3. The summed E-state index contributed by atoms with van der Waals surface area (Å²) in [6, 6.07) is 0.201. The molecule has 1 aliphatic heterocycles. The van der Waals surface area contributed by atoms with E-state index >= 15 is 0 Å². The molecule has 0 fully saturated rings. The Morgan fingerprint density at radius 2 is 1.39 bits per heavy atom. The summed E-state index contributed by atoms with van der Waals surface area (Å²) in [5.41, 5.74) is -6.41. The van der Waals surface area contributed by atoms with Crippen molar-refractivity contribution in [2.45, 2.75) is 76.2 Å². The van der Waals surface area contributed by atoms with Gasteiger partial charge >= 0.3 is 30.7 Å². The first-order valence-electron chi connectivity index (χ1n) is 12.0.